The van der Waals surface area contributed by atoms with Crippen molar-refractivity contribution < 1.29 is 9.53 Å². The molecule has 156 valence electrons. The van der Waals surface area contributed by atoms with Gasteiger partial charge in [-0.2, -0.15) is 0 Å². The zero-order chi connectivity index (χ0) is 21.3. The minimum Gasteiger partial charge on any atom is -0.376 e. The molecule has 0 spiro atoms. The van der Waals surface area contributed by atoms with E-state index in [2.05, 4.69) is 11.9 Å². The zero-order valence-corrected chi connectivity index (χ0v) is 18.2. The zero-order valence-electron chi connectivity index (χ0n) is 16.6. The van der Waals surface area contributed by atoms with E-state index in [1.165, 1.54) is 21.1 Å². The molecule has 2 aliphatic rings. The van der Waals surface area contributed by atoms with Gasteiger partial charge < -0.3 is 10.1 Å². The van der Waals surface area contributed by atoms with Crippen LogP contribution in [0.1, 0.15) is 24.0 Å². The number of carbonyl (C=O) groups is 1. The SMILES string of the molecule is C=CCN1C(=O)/C(=C/c2c(NCC3CCCO3)nc3c(C)cccn3c2=O)SC1=S. The highest BCUT2D eigenvalue weighted by atomic mass is 32.2. The van der Waals surface area contributed by atoms with Gasteiger partial charge in [0, 0.05) is 25.9 Å². The van der Waals surface area contributed by atoms with Crippen LogP contribution in [0.3, 0.4) is 0 Å². The molecule has 0 saturated carbocycles. The number of carbonyl (C=O) groups excluding carboxylic acids is 1. The average Bonchev–Trinajstić information content (AvgIpc) is 3.34. The molecule has 0 aromatic carbocycles. The van der Waals surface area contributed by atoms with Crippen LogP contribution in [0, 0.1) is 6.92 Å². The molecule has 0 radical (unpaired) electrons. The van der Waals surface area contributed by atoms with Crippen LogP contribution in [0.25, 0.3) is 11.7 Å². The molecule has 2 aromatic rings. The van der Waals surface area contributed by atoms with Gasteiger partial charge in [0.1, 0.15) is 15.8 Å². The lowest BCUT2D eigenvalue weighted by atomic mass is 10.2. The summed E-state index contributed by atoms with van der Waals surface area (Å²) in [5, 5.41) is 3.27. The second kappa shape index (κ2) is 8.71. The first-order chi connectivity index (χ1) is 14.5. The lowest BCUT2D eigenvalue weighted by molar-refractivity contribution is -0.121. The largest absolute Gasteiger partial charge is 0.376 e. The Labute approximate surface area is 183 Å². The number of thiocarbonyl (C=S) groups is 1. The van der Waals surface area contributed by atoms with E-state index in [0.717, 1.165) is 25.0 Å². The van der Waals surface area contributed by atoms with E-state index < -0.39 is 0 Å². The van der Waals surface area contributed by atoms with Gasteiger partial charge >= 0.3 is 0 Å². The molecule has 2 fully saturated rings. The maximum Gasteiger partial charge on any atom is 0.267 e. The maximum absolute atomic E-state index is 13.3. The monoisotopic (exact) mass is 442 g/mol. The second-order valence-electron chi connectivity index (χ2n) is 7.16. The second-order valence-corrected chi connectivity index (χ2v) is 8.84. The third-order valence-electron chi connectivity index (χ3n) is 5.07. The van der Waals surface area contributed by atoms with Crippen LogP contribution in [0.2, 0.25) is 0 Å². The van der Waals surface area contributed by atoms with Crippen LogP contribution in [0.15, 0.2) is 40.7 Å². The summed E-state index contributed by atoms with van der Waals surface area (Å²) in [5.41, 5.74) is 1.55. The lowest BCUT2D eigenvalue weighted by Crippen LogP contribution is -2.28. The van der Waals surface area contributed by atoms with Crippen molar-refractivity contribution in [3.63, 3.8) is 0 Å². The minimum absolute atomic E-state index is 0.0840. The lowest BCUT2D eigenvalue weighted by Gasteiger charge is -2.15. The highest BCUT2D eigenvalue weighted by Gasteiger charge is 2.32. The number of nitrogens with zero attached hydrogens (tertiary/aromatic N) is 3. The molecule has 0 aliphatic carbocycles. The molecule has 1 unspecified atom stereocenters. The number of hydrogen-bond acceptors (Lipinski definition) is 7. The molecular weight excluding hydrogens is 420 g/mol. The molecule has 4 heterocycles. The van der Waals surface area contributed by atoms with Crippen molar-refractivity contribution in [1.29, 1.82) is 0 Å². The summed E-state index contributed by atoms with van der Waals surface area (Å²) in [5.74, 6) is 0.211. The molecule has 7 nitrogen and oxygen atoms in total. The van der Waals surface area contributed by atoms with Gasteiger partial charge in [0.2, 0.25) is 0 Å². The molecule has 1 atom stereocenters. The Morgan fingerprint density at radius 3 is 3.03 bits per heavy atom. The minimum atomic E-state index is -0.243. The molecule has 0 bridgehead atoms. The highest BCUT2D eigenvalue weighted by molar-refractivity contribution is 8.26. The van der Waals surface area contributed by atoms with E-state index in [1.54, 1.807) is 24.4 Å². The van der Waals surface area contributed by atoms with Crippen molar-refractivity contribution in [2.24, 2.45) is 0 Å². The van der Waals surface area contributed by atoms with Gasteiger partial charge in [-0.05, 0) is 37.5 Å². The number of pyridine rings is 1. The number of amides is 1. The van der Waals surface area contributed by atoms with Gasteiger partial charge in [-0.3, -0.25) is 18.9 Å². The van der Waals surface area contributed by atoms with Gasteiger partial charge in [-0.15, -0.1) is 6.58 Å². The Morgan fingerprint density at radius 2 is 2.30 bits per heavy atom. The van der Waals surface area contributed by atoms with Crippen LogP contribution in [-0.4, -0.2) is 50.3 Å². The number of thioether (sulfide) groups is 1. The number of aryl methyl sites for hydroxylation is 1. The topological polar surface area (TPSA) is 75.9 Å². The number of fused-ring (bicyclic) bond motifs is 1. The van der Waals surface area contributed by atoms with Gasteiger partial charge in [0.05, 0.1) is 16.6 Å². The molecule has 1 amide bonds. The van der Waals surface area contributed by atoms with E-state index in [-0.39, 0.29) is 17.6 Å². The van der Waals surface area contributed by atoms with Gasteiger partial charge in [0.25, 0.3) is 11.5 Å². The Hall–Kier alpha value is -2.49. The first-order valence-electron chi connectivity index (χ1n) is 9.73. The summed E-state index contributed by atoms with van der Waals surface area (Å²) in [7, 11) is 0. The fourth-order valence-corrected chi connectivity index (χ4v) is 4.77. The normalized spacial score (nSPS) is 20.5. The predicted molar refractivity (Wildman–Crippen MR) is 124 cm³/mol. The molecule has 2 aliphatic heterocycles. The Kier molecular flexibility index (Phi) is 6.03. The summed E-state index contributed by atoms with van der Waals surface area (Å²) < 4.78 is 7.63. The molecule has 30 heavy (non-hydrogen) atoms. The van der Waals surface area contributed by atoms with Crippen molar-refractivity contribution in [1.82, 2.24) is 14.3 Å². The van der Waals surface area contributed by atoms with Crippen LogP contribution in [0.5, 0.6) is 0 Å². The quantitative estimate of drug-likeness (QED) is 0.419. The van der Waals surface area contributed by atoms with Crippen LogP contribution >= 0.6 is 24.0 Å². The van der Waals surface area contributed by atoms with Crippen molar-refractivity contribution in [2.45, 2.75) is 25.9 Å². The standard InChI is InChI=1S/C21H22N4O3S2/c1-3-8-25-20(27)16(30-21(25)29)11-15-17(22-12-14-7-5-10-28-14)23-18-13(2)6-4-9-24(18)19(15)26/h3-4,6,9,11,14,22H,1,5,7-8,10,12H2,2H3/b16-11-. The van der Waals surface area contributed by atoms with Crippen molar-refractivity contribution in [2.75, 3.05) is 25.0 Å². The van der Waals surface area contributed by atoms with Crippen LogP contribution in [-0.2, 0) is 9.53 Å². The van der Waals surface area contributed by atoms with Crippen molar-refractivity contribution >= 4 is 51.7 Å². The fourth-order valence-electron chi connectivity index (χ4n) is 3.51. The Balaban J connectivity index is 1.78. The summed E-state index contributed by atoms with van der Waals surface area (Å²) in [6.45, 7) is 7.21. The summed E-state index contributed by atoms with van der Waals surface area (Å²) >= 11 is 6.49. The van der Waals surface area contributed by atoms with Crippen LogP contribution < -0.4 is 10.9 Å². The third-order valence-corrected chi connectivity index (χ3v) is 6.44. The molecule has 1 N–H and O–H groups in total. The van der Waals surface area contributed by atoms with E-state index in [1.807, 2.05) is 13.0 Å². The number of hydrogen-bond donors (Lipinski definition) is 1. The maximum atomic E-state index is 13.3. The number of ether oxygens (including phenoxy) is 1. The summed E-state index contributed by atoms with van der Waals surface area (Å²) in [4.78, 5) is 32.6. The summed E-state index contributed by atoms with van der Waals surface area (Å²) in [6.07, 6.45) is 6.97. The smallest absolute Gasteiger partial charge is 0.267 e. The van der Waals surface area contributed by atoms with Gasteiger partial charge in [-0.25, -0.2) is 4.98 Å². The van der Waals surface area contributed by atoms with Gasteiger partial charge in [-0.1, -0.05) is 36.1 Å². The number of nitrogens with one attached hydrogen (secondary N) is 1. The van der Waals surface area contributed by atoms with E-state index in [9.17, 15) is 9.59 Å². The predicted octanol–water partition coefficient (Wildman–Crippen LogP) is 2.98. The first-order valence-corrected chi connectivity index (χ1v) is 11.0. The molecule has 9 heteroatoms. The molecule has 2 aromatic heterocycles. The van der Waals surface area contributed by atoms with Gasteiger partial charge in [0.15, 0.2) is 0 Å². The Bertz CT molecular complexity index is 1120. The highest BCUT2D eigenvalue weighted by Crippen LogP contribution is 2.33. The number of anilines is 1. The molecular formula is C21H22N4O3S2. The number of aromatic nitrogens is 2. The summed E-state index contributed by atoms with van der Waals surface area (Å²) in [6, 6.07) is 3.71. The molecule has 2 saturated heterocycles. The Morgan fingerprint density at radius 1 is 1.47 bits per heavy atom. The third kappa shape index (κ3) is 3.92. The molecule has 4 rings (SSSR count). The van der Waals surface area contributed by atoms with E-state index in [4.69, 9.17) is 21.9 Å². The van der Waals surface area contributed by atoms with E-state index >= 15 is 0 Å². The first kappa shape index (κ1) is 20.8. The number of rotatable bonds is 6. The van der Waals surface area contributed by atoms with Crippen molar-refractivity contribution in [3.05, 3.63) is 57.4 Å². The van der Waals surface area contributed by atoms with Crippen LogP contribution in [0.4, 0.5) is 5.82 Å². The average molecular weight is 443 g/mol. The van der Waals surface area contributed by atoms with E-state index in [0.29, 0.717) is 39.3 Å². The fraction of sp³-hybridized carbons (Fsp3) is 0.333. The van der Waals surface area contributed by atoms with Crippen molar-refractivity contribution in [3.8, 4) is 0 Å².